The Kier molecular flexibility index (Phi) is 5.89. The van der Waals surface area contributed by atoms with E-state index < -0.39 is 33.7 Å². The molecular weight excluding hydrogens is 441 g/mol. The molecule has 4 rings (SSSR count). The molecule has 1 aliphatic heterocycles. The summed E-state index contributed by atoms with van der Waals surface area (Å²) in [5.74, 6) is -1.13. The molecule has 31 heavy (non-hydrogen) atoms. The highest BCUT2D eigenvalue weighted by Gasteiger charge is 2.40. The van der Waals surface area contributed by atoms with Gasteiger partial charge in [0.15, 0.2) is 0 Å². The van der Waals surface area contributed by atoms with E-state index >= 15 is 0 Å². The number of primary amides is 1. The smallest absolute Gasteiger partial charge is 0.251 e. The van der Waals surface area contributed by atoms with Crippen molar-refractivity contribution in [3.05, 3.63) is 46.1 Å². The van der Waals surface area contributed by atoms with Crippen LogP contribution in [0.1, 0.15) is 47.0 Å². The van der Waals surface area contributed by atoms with Crippen LogP contribution in [0.4, 0.5) is 9.39 Å². The van der Waals surface area contributed by atoms with Crippen LogP contribution in [0.3, 0.4) is 0 Å². The summed E-state index contributed by atoms with van der Waals surface area (Å²) >= 11 is 1.35. The number of nitrogens with zero attached hydrogens (tertiary/aromatic N) is 1. The van der Waals surface area contributed by atoms with E-state index in [9.17, 15) is 22.4 Å². The average Bonchev–Trinajstić information content (AvgIpc) is 3.33. The van der Waals surface area contributed by atoms with E-state index in [1.165, 1.54) is 23.5 Å². The van der Waals surface area contributed by atoms with E-state index in [0.29, 0.717) is 29.3 Å². The fourth-order valence-electron chi connectivity index (χ4n) is 4.33. The molecule has 1 aromatic heterocycles. The Hall–Kier alpha value is -2.30. The predicted octanol–water partition coefficient (Wildman–Crippen LogP) is 2.90. The minimum atomic E-state index is -3.96. The van der Waals surface area contributed by atoms with E-state index in [2.05, 4.69) is 12.2 Å². The minimum absolute atomic E-state index is 0.0630. The Morgan fingerprint density at radius 1 is 1.23 bits per heavy atom. The molecule has 1 aliphatic carbocycles. The lowest BCUT2D eigenvalue weighted by atomic mass is 9.88. The summed E-state index contributed by atoms with van der Waals surface area (Å²) in [5, 5.41) is 3.17. The summed E-state index contributed by atoms with van der Waals surface area (Å²) in [6.07, 6.45) is 3.39. The second-order valence-corrected chi connectivity index (χ2v) is 11.1. The van der Waals surface area contributed by atoms with Gasteiger partial charge in [0.25, 0.3) is 5.91 Å². The van der Waals surface area contributed by atoms with Crippen LogP contribution in [-0.4, -0.2) is 37.1 Å². The molecule has 3 N–H and O–H groups in total. The number of nitrogens with one attached hydrogen (secondary N) is 1. The van der Waals surface area contributed by atoms with Crippen molar-refractivity contribution < 1.29 is 22.4 Å². The molecule has 1 saturated heterocycles. The standard InChI is InChI=1S/C21H24FN3O4S2/c1-12-4-9-15-17(11-12)30-21(18(15)19(23)26)24-20(27)16-3-2-10-25(16)31(28,29)14-7-5-13(22)6-8-14/h5-8,12,16H,2-4,9-11H2,1H3,(H2,23,26)(H,24,27). The van der Waals surface area contributed by atoms with Crippen molar-refractivity contribution in [3.63, 3.8) is 0 Å². The Balaban J connectivity index is 1.60. The fourth-order valence-corrected chi connectivity index (χ4v) is 7.40. The molecule has 2 unspecified atom stereocenters. The number of carbonyl (C=O) groups excluding carboxylic acids is 2. The van der Waals surface area contributed by atoms with Crippen LogP contribution in [0.25, 0.3) is 0 Å². The third-order valence-electron chi connectivity index (χ3n) is 5.92. The number of rotatable bonds is 5. The van der Waals surface area contributed by atoms with Gasteiger partial charge in [0.05, 0.1) is 10.5 Å². The molecule has 2 heterocycles. The Labute approximate surface area is 184 Å². The van der Waals surface area contributed by atoms with E-state index in [-0.39, 0.29) is 11.4 Å². The molecule has 0 radical (unpaired) electrons. The lowest BCUT2D eigenvalue weighted by Crippen LogP contribution is -2.43. The Bertz CT molecular complexity index is 1130. The van der Waals surface area contributed by atoms with Crippen LogP contribution < -0.4 is 11.1 Å². The second-order valence-electron chi connectivity index (χ2n) is 8.14. The van der Waals surface area contributed by atoms with Crippen molar-refractivity contribution in [2.45, 2.75) is 50.0 Å². The zero-order valence-corrected chi connectivity index (χ0v) is 18.7. The third-order valence-corrected chi connectivity index (χ3v) is 9.01. The summed E-state index contributed by atoms with van der Waals surface area (Å²) in [6, 6.07) is 3.63. The number of fused-ring (bicyclic) bond motifs is 1. The van der Waals surface area contributed by atoms with Crippen molar-refractivity contribution in [2.24, 2.45) is 11.7 Å². The number of hydrogen-bond donors (Lipinski definition) is 2. The molecule has 0 spiro atoms. The summed E-state index contributed by atoms with van der Waals surface area (Å²) in [7, 11) is -3.96. The van der Waals surface area contributed by atoms with Gasteiger partial charge in [-0.05, 0) is 67.9 Å². The number of thiophene rings is 1. The first-order valence-electron chi connectivity index (χ1n) is 10.2. The lowest BCUT2D eigenvalue weighted by molar-refractivity contribution is -0.119. The van der Waals surface area contributed by atoms with Crippen LogP contribution in [0.2, 0.25) is 0 Å². The maximum Gasteiger partial charge on any atom is 0.251 e. The van der Waals surface area contributed by atoms with Gasteiger partial charge in [0.1, 0.15) is 16.9 Å². The van der Waals surface area contributed by atoms with Crippen LogP contribution >= 0.6 is 11.3 Å². The van der Waals surface area contributed by atoms with Gasteiger partial charge in [-0.3, -0.25) is 9.59 Å². The molecule has 10 heteroatoms. The highest BCUT2D eigenvalue weighted by atomic mass is 32.2. The van der Waals surface area contributed by atoms with Crippen molar-refractivity contribution >= 4 is 38.2 Å². The number of halogens is 1. The first-order chi connectivity index (χ1) is 14.7. The van der Waals surface area contributed by atoms with Gasteiger partial charge in [-0.2, -0.15) is 4.31 Å². The van der Waals surface area contributed by atoms with Gasteiger partial charge in [0, 0.05) is 11.4 Å². The van der Waals surface area contributed by atoms with Crippen LogP contribution in [-0.2, 0) is 27.7 Å². The SMILES string of the molecule is CC1CCc2c(sc(NC(=O)C3CCCN3S(=O)(=O)c3ccc(F)cc3)c2C(N)=O)C1. The summed E-state index contributed by atoms with van der Waals surface area (Å²) in [6.45, 7) is 2.33. The number of nitrogens with two attached hydrogens (primary N) is 1. The molecule has 1 fully saturated rings. The molecule has 1 aromatic carbocycles. The van der Waals surface area contributed by atoms with Crippen LogP contribution in [0.15, 0.2) is 29.2 Å². The number of hydrogen-bond acceptors (Lipinski definition) is 5. The van der Waals surface area contributed by atoms with Crippen LogP contribution in [0, 0.1) is 11.7 Å². The molecule has 166 valence electrons. The van der Waals surface area contributed by atoms with Gasteiger partial charge in [-0.25, -0.2) is 12.8 Å². The molecule has 0 bridgehead atoms. The normalized spacial score (nSPS) is 21.6. The fraction of sp³-hybridized carbons (Fsp3) is 0.429. The molecule has 2 aliphatic rings. The molecule has 2 amide bonds. The number of sulfonamides is 1. The van der Waals surface area contributed by atoms with Crippen molar-refractivity contribution in [2.75, 3.05) is 11.9 Å². The summed E-state index contributed by atoms with van der Waals surface area (Å²) in [4.78, 5) is 26.2. The zero-order chi connectivity index (χ0) is 22.3. The lowest BCUT2D eigenvalue weighted by Gasteiger charge is -2.23. The molecule has 2 atom stereocenters. The summed E-state index contributed by atoms with van der Waals surface area (Å²) in [5.41, 5.74) is 6.85. The molecular formula is C21H24FN3O4S2. The van der Waals surface area contributed by atoms with Gasteiger partial charge in [0.2, 0.25) is 15.9 Å². The van der Waals surface area contributed by atoms with E-state index in [0.717, 1.165) is 46.1 Å². The maximum absolute atomic E-state index is 13.2. The number of amides is 2. The number of benzene rings is 1. The first kappa shape index (κ1) is 21.9. The second kappa shape index (κ2) is 8.33. The quantitative estimate of drug-likeness (QED) is 0.707. The average molecular weight is 466 g/mol. The largest absolute Gasteiger partial charge is 0.365 e. The Morgan fingerprint density at radius 3 is 2.61 bits per heavy atom. The van der Waals surface area contributed by atoms with Crippen LogP contribution in [0.5, 0.6) is 0 Å². The molecule has 0 saturated carbocycles. The van der Waals surface area contributed by atoms with E-state index in [1.54, 1.807) is 0 Å². The first-order valence-corrected chi connectivity index (χ1v) is 12.5. The highest BCUT2D eigenvalue weighted by Crippen LogP contribution is 2.40. The molecule has 2 aromatic rings. The zero-order valence-electron chi connectivity index (χ0n) is 17.1. The maximum atomic E-state index is 13.2. The minimum Gasteiger partial charge on any atom is -0.365 e. The van der Waals surface area contributed by atoms with Gasteiger partial charge >= 0.3 is 0 Å². The van der Waals surface area contributed by atoms with Crippen molar-refractivity contribution in [1.82, 2.24) is 4.31 Å². The summed E-state index contributed by atoms with van der Waals surface area (Å²) < 4.78 is 40.4. The number of carbonyl (C=O) groups is 2. The van der Waals surface area contributed by atoms with E-state index in [4.69, 9.17) is 5.73 Å². The van der Waals surface area contributed by atoms with Gasteiger partial charge < -0.3 is 11.1 Å². The predicted molar refractivity (Wildman–Crippen MR) is 116 cm³/mol. The Morgan fingerprint density at radius 2 is 1.94 bits per heavy atom. The highest BCUT2D eigenvalue weighted by molar-refractivity contribution is 7.89. The third kappa shape index (κ3) is 4.11. The van der Waals surface area contributed by atoms with Crippen molar-refractivity contribution in [3.8, 4) is 0 Å². The van der Waals surface area contributed by atoms with Gasteiger partial charge in [-0.1, -0.05) is 6.92 Å². The molecule has 7 nitrogen and oxygen atoms in total. The van der Waals surface area contributed by atoms with Crippen molar-refractivity contribution in [1.29, 1.82) is 0 Å². The monoisotopic (exact) mass is 465 g/mol. The van der Waals surface area contributed by atoms with Gasteiger partial charge in [-0.15, -0.1) is 11.3 Å². The topological polar surface area (TPSA) is 110 Å². The number of anilines is 1. The van der Waals surface area contributed by atoms with E-state index in [1.807, 2.05) is 0 Å².